The molecule has 4 aliphatic carbocycles. The highest BCUT2D eigenvalue weighted by Crippen LogP contribution is 2.71. The molecule has 198 valence electrons. The average molecular weight is 488 g/mol. The lowest BCUT2D eigenvalue weighted by atomic mass is 9.44. The van der Waals surface area contributed by atoms with Crippen LogP contribution in [-0.4, -0.2) is 36.6 Å². The van der Waals surface area contributed by atoms with Crippen molar-refractivity contribution in [2.45, 2.75) is 123 Å². The normalized spacial score (nSPS) is 56.0. The average Bonchev–Trinajstić information content (AvgIpc) is 3.26. The molecule has 5 nitrogen and oxygen atoms in total. The maximum Gasteiger partial charge on any atom is 0.322 e. The molecule has 5 heteroatoms. The number of fused-ring (bicyclic) bond motifs is 7. The van der Waals surface area contributed by atoms with E-state index in [1.54, 1.807) is 6.92 Å². The van der Waals surface area contributed by atoms with Gasteiger partial charge in [0.2, 0.25) is 0 Å². The van der Waals surface area contributed by atoms with E-state index in [1.807, 2.05) is 0 Å². The van der Waals surface area contributed by atoms with Gasteiger partial charge in [0.15, 0.2) is 5.79 Å². The summed E-state index contributed by atoms with van der Waals surface area (Å²) in [5.74, 6) is 4.32. The molecule has 6 fully saturated rings. The largest absolute Gasteiger partial charge is 0.461 e. The van der Waals surface area contributed by atoms with Gasteiger partial charge in [-0.15, -0.1) is 0 Å². The van der Waals surface area contributed by atoms with Gasteiger partial charge in [0, 0.05) is 12.3 Å². The molecule has 0 aromatic rings. The van der Waals surface area contributed by atoms with Crippen LogP contribution in [0.4, 0.5) is 0 Å². The monoisotopic (exact) mass is 487 g/mol. The summed E-state index contributed by atoms with van der Waals surface area (Å²) in [7, 11) is 0. The van der Waals surface area contributed by atoms with E-state index in [9.17, 15) is 4.79 Å². The Morgan fingerprint density at radius 1 is 0.971 bits per heavy atom. The molecule has 0 aromatic carbocycles. The molecule has 2 N–H and O–H groups in total. The summed E-state index contributed by atoms with van der Waals surface area (Å²) >= 11 is 0. The molecule has 35 heavy (non-hydrogen) atoms. The van der Waals surface area contributed by atoms with E-state index < -0.39 is 6.04 Å². The summed E-state index contributed by atoms with van der Waals surface area (Å²) < 4.78 is 19.2. The predicted molar refractivity (Wildman–Crippen MR) is 135 cm³/mol. The number of carbonyl (C=O) groups excluding carboxylic acids is 1. The molecule has 2 aliphatic heterocycles. The number of rotatable bonds is 2. The fourth-order valence-corrected chi connectivity index (χ4v) is 10.6. The van der Waals surface area contributed by atoms with Gasteiger partial charge in [0.1, 0.15) is 12.1 Å². The van der Waals surface area contributed by atoms with Crippen molar-refractivity contribution in [3.05, 3.63) is 0 Å². The van der Waals surface area contributed by atoms with Crippen molar-refractivity contribution in [2.24, 2.45) is 58.0 Å². The number of hydrogen-bond donors (Lipinski definition) is 1. The van der Waals surface area contributed by atoms with E-state index in [2.05, 4.69) is 27.7 Å². The topological polar surface area (TPSA) is 70.8 Å². The van der Waals surface area contributed by atoms with Gasteiger partial charge in [-0.3, -0.25) is 4.79 Å². The maximum absolute atomic E-state index is 12.1. The first-order valence-electron chi connectivity index (χ1n) is 14.9. The van der Waals surface area contributed by atoms with Crippen molar-refractivity contribution in [1.29, 1.82) is 0 Å². The van der Waals surface area contributed by atoms with E-state index in [0.29, 0.717) is 40.6 Å². The van der Waals surface area contributed by atoms with E-state index in [-0.39, 0.29) is 17.9 Å². The third-order valence-corrected chi connectivity index (χ3v) is 12.5. The molecule has 0 aromatic heterocycles. The van der Waals surface area contributed by atoms with Gasteiger partial charge >= 0.3 is 5.97 Å². The van der Waals surface area contributed by atoms with Crippen LogP contribution in [0.25, 0.3) is 0 Å². The van der Waals surface area contributed by atoms with Crippen molar-refractivity contribution in [2.75, 3.05) is 6.61 Å². The van der Waals surface area contributed by atoms with Gasteiger partial charge < -0.3 is 19.9 Å². The number of esters is 1. The standard InChI is InChI=1S/C30H49NO4/c1-17-8-13-30(33-16-17)18(2)26-25(35-30)15-24-22-7-6-20-14-21(34-27(32)19(3)31)9-11-28(20,4)23(22)10-12-29(24,26)5/h17-26H,6-16,31H2,1-5H3/t17-,18?,19?,20?,21-,22?,23?,24?,25?,26?,28+,29+,30-/m1/s1. The fourth-order valence-electron chi connectivity index (χ4n) is 10.6. The van der Waals surface area contributed by atoms with Gasteiger partial charge in [0.25, 0.3) is 0 Å². The Morgan fingerprint density at radius 2 is 1.74 bits per heavy atom. The molecular weight excluding hydrogens is 438 g/mol. The highest BCUT2D eigenvalue weighted by atomic mass is 16.7. The minimum Gasteiger partial charge on any atom is -0.461 e. The Kier molecular flexibility index (Phi) is 5.94. The minimum atomic E-state index is -0.525. The molecule has 1 spiro atoms. The molecule has 0 amide bonds. The number of hydrogen-bond acceptors (Lipinski definition) is 5. The van der Waals surface area contributed by atoms with Crippen molar-refractivity contribution in [1.82, 2.24) is 0 Å². The number of nitrogens with two attached hydrogens (primary N) is 1. The van der Waals surface area contributed by atoms with Crippen molar-refractivity contribution in [3.8, 4) is 0 Å². The number of ether oxygens (including phenoxy) is 3. The first-order valence-corrected chi connectivity index (χ1v) is 14.9. The van der Waals surface area contributed by atoms with Crippen LogP contribution < -0.4 is 5.73 Å². The van der Waals surface area contributed by atoms with E-state index in [1.165, 1.54) is 44.9 Å². The lowest BCUT2D eigenvalue weighted by Gasteiger charge is -2.61. The predicted octanol–water partition coefficient (Wildman–Crippen LogP) is 5.69. The summed E-state index contributed by atoms with van der Waals surface area (Å²) in [5, 5.41) is 0. The second kappa shape index (κ2) is 8.43. The highest BCUT2D eigenvalue weighted by molar-refractivity contribution is 5.75. The SMILES string of the molecule is CC(N)C(=O)O[C@@H]1CC[C@@]2(C)C(CCC3C2CC[C@@]2(C)C3CC3O[C@]4(CC[C@@H](C)CO4)C(C)C32)C1. The highest BCUT2D eigenvalue weighted by Gasteiger charge is 2.69. The Balaban J connectivity index is 1.18. The zero-order valence-corrected chi connectivity index (χ0v) is 22.8. The summed E-state index contributed by atoms with van der Waals surface area (Å²) in [6, 6.07) is -0.525. The summed E-state index contributed by atoms with van der Waals surface area (Å²) in [5.41, 5.74) is 6.54. The van der Waals surface area contributed by atoms with Crippen LogP contribution in [0.1, 0.15) is 98.8 Å². The lowest BCUT2D eigenvalue weighted by Crippen LogP contribution is -2.55. The molecule has 13 atom stereocenters. The third kappa shape index (κ3) is 3.61. The molecule has 0 bridgehead atoms. The Morgan fingerprint density at radius 3 is 2.46 bits per heavy atom. The van der Waals surface area contributed by atoms with Crippen LogP contribution in [0.3, 0.4) is 0 Å². The lowest BCUT2D eigenvalue weighted by molar-refractivity contribution is -0.273. The Labute approximate surface area is 212 Å². The first kappa shape index (κ1) is 24.7. The molecule has 0 radical (unpaired) electrons. The summed E-state index contributed by atoms with van der Waals surface area (Å²) in [6.45, 7) is 12.5. The quantitative estimate of drug-likeness (QED) is 0.507. The zero-order chi connectivity index (χ0) is 24.8. The Bertz CT molecular complexity index is 836. The molecular formula is C30H49NO4. The Hall–Kier alpha value is -0.650. The minimum absolute atomic E-state index is 0.0615. The van der Waals surface area contributed by atoms with Crippen molar-refractivity contribution in [3.63, 3.8) is 0 Å². The van der Waals surface area contributed by atoms with Crippen molar-refractivity contribution >= 4 is 5.97 Å². The first-order chi connectivity index (χ1) is 16.6. The molecule has 4 saturated carbocycles. The van der Waals surface area contributed by atoms with Gasteiger partial charge in [-0.1, -0.05) is 27.7 Å². The van der Waals surface area contributed by atoms with Crippen molar-refractivity contribution < 1.29 is 19.0 Å². The molecule has 2 heterocycles. The van der Waals surface area contributed by atoms with Gasteiger partial charge in [-0.25, -0.2) is 0 Å². The fraction of sp³-hybridized carbons (Fsp3) is 0.967. The van der Waals surface area contributed by atoms with Crippen LogP contribution in [0.2, 0.25) is 0 Å². The van der Waals surface area contributed by atoms with E-state index in [4.69, 9.17) is 19.9 Å². The van der Waals surface area contributed by atoms with Gasteiger partial charge in [0.05, 0.1) is 12.7 Å². The summed E-state index contributed by atoms with van der Waals surface area (Å²) in [4.78, 5) is 12.1. The van der Waals surface area contributed by atoms with E-state index >= 15 is 0 Å². The van der Waals surface area contributed by atoms with Gasteiger partial charge in [-0.2, -0.15) is 0 Å². The molecule has 8 unspecified atom stereocenters. The molecule has 6 aliphatic rings. The second-order valence-corrected chi connectivity index (χ2v) is 14.3. The van der Waals surface area contributed by atoms with Crippen LogP contribution in [0, 0.1) is 52.3 Å². The summed E-state index contributed by atoms with van der Waals surface area (Å²) in [6.07, 6.45) is 12.5. The maximum atomic E-state index is 12.1. The van der Waals surface area contributed by atoms with E-state index in [0.717, 1.165) is 43.6 Å². The smallest absolute Gasteiger partial charge is 0.322 e. The number of carbonyl (C=O) groups is 1. The van der Waals surface area contributed by atoms with Crippen LogP contribution in [0.5, 0.6) is 0 Å². The third-order valence-electron chi connectivity index (χ3n) is 12.5. The molecule has 2 saturated heterocycles. The zero-order valence-electron chi connectivity index (χ0n) is 22.8. The van der Waals surface area contributed by atoms with Crippen LogP contribution in [-0.2, 0) is 19.0 Å². The van der Waals surface area contributed by atoms with Crippen LogP contribution in [0.15, 0.2) is 0 Å². The second-order valence-electron chi connectivity index (χ2n) is 14.3. The molecule has 6 rings (SSSR count). The van der Waals surface area contributed by atoms with Gasteiger partial charge in [-0.05, 0) is 111 Å². The van der Waals surface area contributed by atoms with Crippen LogP contribution >= 0.6 is 0 Å².